The molecule has 1 heterocycles. The topological polar surface area (TPSA) is 9.23 Å². The lowest BCUT2D eigenvalue weighted by Gasteiger charge is -2.30. The van der Waals surface area contributed by atoms with E-state index in [1.54, 1.807) is 0 Å². The Morgan fingerprint density at radius 2 is 2.00 bits per heavy atom. The van der Waals surface area contributed by atoms with Gasteiger partial charge in [-0.25, -0.2) is 0 Å². The zero-order chi connectivity index (χ0) is 6.74. The highest BCUT2D eigenvalue weighted by molar-refractivity contribution is 14.1. The molecule has 0 atom stereocenters. The zero-order valence-corrected chi connectivity index (χ0v) is 7.98. The van der Waals surface area contributed by atoms with Gasteiger partial charge in [0.05, 0.1) is 0 Å². The van der Waals surface area contributed by atoms with Gasteiger partial charge >= 0.3 is 0 Å². The smallest absolute Gasteiger partial charge is 0.0478 e. The molecule has 0 spiro atoms. The summed E-state index contributed by atoms with van der Waals surface area (Å²) < 4.78 is 5.83. The second-order valence-corrected chi connectivity index (χ2v) is 4.91. The Balaban J connectivity index is 2.37. The van der Waals surface area contributed by atoms with Crippen molar-refractivity contribution in [3.63, 3.8) is 0 Å². The van der Waals surface area contributed by atoms with Gasteiger partial charge in [-0.1, -0.05) is 29.5 Å². The van der Waals surface area contributed by atoms with E-state index in [4.69, 9.17) is 4.74 Å². The number of rotatable bonds is 1. The number of hydrogen-bond acceptors (Lipinski definition) is 1. The molecule has 0 aliphatic carbocycles. The molecule has 1 saturated heterocycles. The first-order valence-corrected chi connectivity index (χ1v) is 4.61. The monoisotopic (exact) mass is 240 g/mol. The van der Waals surface area contributed by atoms with E-state index in [9.17, 15) is 0 Å². The van der Waals surface area contributed by atoms with Gasteiger partial charge in [0.1, 0.15) is 0 Å². The number of alkyl halides is 1. The normalized spacial score (nSPS) is 26.0. The van der Waals surface area contributed by atoms with Crippen LogP contribution in [0.1, 0.15) is 26.2 Å². The van der Waals surface area contributed by atoms with Gasteiger partial charge in [-0.05, 0) is 19.3 Å². The molecule has 0 amide bonds. The number of halogens is 1. The van der Waals surface area contributed by atoms with Crippen LogP contribution < -0.4 is 0 Å². The Morgan fingerprint density at radius 3 is 2.33 bits per heavy atom. The van der Waals surface area contributed by atoms with Crippen LogP contribution in [0.5, 0.6) is 0 Å². The molecule has 1 aliphatic heterocycles. The summed E-state index contributed by atoms with van der Waals surface area (Å²) in [6.07, 6.45) is 3.77. The largest absolute Gasteiger partial charge is 0.381 e. The summed E-state index contributed by atoms with van der Waals surface area (Å²) in [5.74, 6) is 0. The molecule has 0 aromatic rings. The maximum atomic E-state index is 5.26. The molecule has 0 unspecified atom stereocenters. The van der Waals surface area contributed by atoms with Gasteiger partial charge in [-0.15, -0.1) is 0 Å². The first-order valence-electron chi connectivity index (χ1n) is 3.53. The zero-order valence-electron chi connectivity index (χ0n) is 5.82. The Morgan fingerprint density at radius 1 is 1.44 bits per heavy atom. The van der Waals surface area contributed by atoms with Crippen molar-refractivity contribution in [2.75, 3.05) is 13.2 Å². The third-order valence-electron chi connectivity index (χ3n) is 2.02. The molecule has 0 radical (unpaired) electrons. The highest BCUT2D eigenvalue weighted by Gasteiger charge is 2.26. The fourth-order valence-corrected chi connectivity index (χ4v) is 1.53. The van der Waals surface area contributed by atoms with Crippen molar-refractivity contribution in [2.45, 2.75) is 29.6 Å². The lowest BCUT2D eigenvalue weighted by molar-refractivity contribution is 0.0806. The molecule has 1 fully saturated rings. The number of hydrogen-bond donors (Lipinski definition) is 0. The van der Waals surface area contributed by atoms with Crippen LogP contribution in [0.25, 0.3) is 0 Å². The lowest BCUT2D eigenvalue weighted by atomic mass is 9.98. The van der Waals surface area contributed by atoms with Crippen molar-refractivity contribution in [1.29, 1.82) is 0 Å². The molecule has 0 aromatic carbocycles. The molecular weight excluding hydrogens is 227 g/mol. The molecule has 0 aromatic heterocycles. The molecule has 1 nitrogen and oxygen atoms in total. The van der Waals surface area contributed by atoms with Crippen molar-refractivity contribution in [2.24, 2.45) is 0 Å². The minimum absolute atomic E-state index is 0.565. The first kappa shape index (κ1) is 7.79. The SMILES string of the molecule is CCC1(I)CCOCC1. The van der Waals surface area contributed by atoms with Crippen LogP contribution in [0.2, 0.25) is 0 Å². The van der Waals surface area contributed by atoms with Gasteiger partial charge in [0.25, 0.3) is 0 Å². The van der Waals surface area contributed by atoms with Crippen molar-refractivity contribution in [3.8, 4) is 0 Å². The van der Waals surface area contributed by atoms with Gasteiger partial charge in [0, 0.05) is 16.6 Å². The van der Waals surface area contributed by atoms with E-state index < -0.39 is 0 Å². The van der Waals surface area contributed by atoms with Gasteiger partial charge in [-0.3, -0.25) is 0 Å². The minimum atomic E-state index is 0.565. The second-order valence-electron chi connectivity index (χ2n) is 2.62. The van der Waals surface area contributed by atoms with Crippen molar-refractivity contribution < 1.29 is 4.74 Å². The van der Waals surface area contributed by atoms with Crippen LogP contribution >= 0.6 is 22.6 Å². The van der Waals surface area contributed by atoms with Gasteiger partial charge in [0.2, 0.25) is 0 Å². The van der Waals surface area contributed by atoms with E-state index in [1.807, 2.05) is 0 Å². The average Bonchev–Trinajstić information content (AvgIpc) is 1.90. The van der Waals surface area contributed by atoms with Crippen LogP contribution in [0.15, 0.2) is 0 Å². The highest BCUT2D eigenvalue weighted by atomic mass is 127. The molecule has 0 bridgehead atoms. The van der Waals surface area contributed by atoms with Crippen LogP contribution in [0.4, 0.5) is 0 Å². The van der Waals surface area contributed by atoms with E-state index in [0.29, 0.717) is 3.42 Å². The van der Waals surface area contributed by atoms with E-state index in [1.165, 1.54) is 19.3 Å². The summed E-state index contributed by atoms with van der Waals surface area (Å²) in [6, 6.07) is 0. The summed E-state index contributed by atoms with van der Waals surface area (Å²) in [7, 11) is 0. The molecule has 1 aliphatic rings. The van der Waals surface area contributed by atoms with E-state index >= 15 is 0 Å². The predicted octanol–water partition coefficient (Wildman–Crippen LogP) is 2.38. The molecule has 9 heavy (non-hydrogen) atoms. The maximum Gasteiger partial charge on any atom is 0.0478 e. The Labute approximate surface area is 70.3 Å². The number of ether oxygens (including phenoxy) is 1. The lowest BCUT2D eigenvalue weighted by Crippen LogP contribution is -2.28. The minimum Gasteiger partial charge on any atom is -0.381 e. The molecule has 0 N–H and O–H groups in total. The predicted molar refractivity (Wildman–Crippen MR) is 47.1 cm³/mol. The molecular formula is C7H13IO. The quantitative estimate of drug-likeness (QED) is 0.505. The summed E-state index contributed by atoms with van der Waals surface area (Å²) >= 11 is 2.57. The molecule has 2 heteroatoms. The van der Waals surface area contributed by atoms with Gasteiger partial charge < -0.3 is 4.74 Å². The van der Waals surface area contributed by atoms with E-state index in [0.717, 1.165) is 13.2 Å². The van der Waals surface area contributed by atoms with E-state index in [2.05, 4.69) is 29.5 Å². The van der Waals surface area contributed by atoms with Gasteiger partial charge in [0.15, 0.2) is 0 Å². The van der Waals surface area contributed by atoms with Crippen LogP contribution in [0, 0.1) is 0 Å². The second kappa shape index (κ2) is 3.19. The van der Waals surface area contributed by atoms with Crippen molar-refractivity contribution >= 4 is 22.6 Å². The Hall–Kier alpha value is 0.690. The third-order valence-corrected chi connectivity index (χ3v) is 3.86. The summed E-state index contributed by atoms with van der Waals surface area (Å²) in [5.41, 5.74) is 0. The van der Waals surface area contributed by atoms with Crippen molar-refractivity contribution in [1.82, 2.24) is 0 Å². The first-order chi connectivity index (χ1) is 4.27. The highest BCUT2D eigenvalue weighted by Crippen LogP contribution is 2.33. The van der Waals surface area contributed by atoms with Crippen LogP contribution in [-0.2, 0) is 4.74 Å². The van der Waals surface area contributed by atoms with Gasteiger partial charge in [-0.2, -0.15) is 0 Å². The average molecular weight is 240 g/mol. The molecule has 0 saturated carbocycles. The fraction of sp³-hybridized carbons (Fsp3) is 1.00. The maximum absolute atomic E-state index is 5.26. The van der Waals surface area contributed by atoms with Crippen LogP contribution in [-0.4, -0.2) is 16.6 Å². The summed E-state index contributed by atoms with van der Waals surface area (Å²) in [4.78, 5) is 0. The fourth-order valence-electron chi connectivity index (χ4n) is 1.09. The third kappa shape index (κ3) is 2.08. The summed E-state index contributed by atoms with van der Waals surface area (Å²) in [5, 5.41) is 0. The van der Waals surface area contributed by atoms with Crippen molar-refractivity contribution in [3.05, 3.63) is 0 Å². The van der Waals surface area contributed by atoms with Crippen LogP contribution in [0.3, 0.4) is 0 Å². The summed E-state index contributed by atoms with van der Waals surface area (Å²) in [6.45, 7) is 4.20. The molecule has 1 rings (SSSR count). The van der Waals surface area contributed by atoms with E-state index in [-0.39, 0.29) is 0 Å². The Kier molecular flexibility index (Phi) is 2.76. The molecule has 54 valence electrons. The standard InChI is InChI=1S/C7H13IO/c1-2-7(8)3-5-9-6-4-7/h2-6H2,1H3. The Bertz CT molecular complexity index is 86.9.